The lowest BCUT2D eigenvalue weighted by Crippen LogP contribution is -2.44. The van der Waals surface area contributed by atoms with Gasteiger partial charge in [0, 0.05) is 31.2 Å². The Morgan fingerprint density at radius 2 is 1.70 bits per heavy atom. The molecule has 23 heavy (non-hydrogen) atoms. The van der Waals surface area contributed by atoms with E-state index in [2.05, 4.69) is 16.8 Å². The average Bonchev–Trinajstić information content (AvgIpc) is 2.51. The zero-order valence-electron chi connectivity index (χ0n) is 14.2. The Morgan fingerprint density at radius 3 is 2.35 bits per heavy atom. The third-order valence-electron chi connectivity index (χ3n) is 4.29. The van der Waals surface area contributed by atoms with Crippen molar-refractivity contribution in [2.24, 2.45) is 0 Å². The topological polar surface area (TPSA) is 15.7 Å². The molecular formula is C17H27Cl3N2O. The summed E-state index contributed by atoms with van der Waals surface area (Å²) in [4.78, 5) is 4.91. The van der Waals surface area contributed by atoms with Crippen LogP contribution < -0.4 is 4.74 Å². The van der Waals surface area contributed by atoms with Crippen molar-refractivity contribution in [1.29, 1.82) is 0 Å². The highest BCUT2D eigenvalue weighted by Crippen LogP contribution is 2.35. The van der Waals surface area contributed by atoms with Gasteiger partial charge in [0.25, 0.3) is 0 Å². The molecule has 0 bridgehead atoms. The minimum atomic E-state index is 0. The Balaban J connectivity index is 0.00000264. The van der Waals surface area contributed by atoms with Gasteiger partial charge in [-0.25, -0.2) is 0 Å². The molecule has 0 spiro atoms. The van der Waals surface area contributed by atoms with Crippen molar-refractivity contribution in [3.63, 3.8) is 0 Å². The average molecular weight is 382 g/mol. The van der Waals surface area contributed by atoms with Gasteiger partial charge in [-0.15, -0.1) is 12.4 Å². The van der Waals surface area contributed by atoms with Gasteiger partial charge in [0.15, 0.2) is 0 Å². The van der Waals surface area contributed by atoms with Crippen LogP contribution in [-0.2, 0) is 0 Å². The van der Waals surface area contributed by atoms with Crippen LogP contribution in [0.15, 0.2) is 6.07 Å². The Bertz CT molecular complexity index is 503. The number of rotatable bonds is 6. The van der Waals surface area contributed by atoms with Crippen molar-refractivity contribution in [2.75, 3.05) is 46.4 Å². The molecule has 1 aromatic carbocycles. The summed E-state index contributed by atoms with van der Waals surface area (Å²) in [6.07, 6.45) is 2.20. The fourth-order valence-electron chi connectivity index (χ4n) is 2.70. The van der Waals surface area contributed by atoms with E-state index in [9.17, 15) is 0 Å². The van der Waals surface area contributed by atoms with Crippen molar-refractivity contribution < 1.29 is 4.74 Å². The highest BCUT2D eigenvalue weighted by molar-refractivity contribution is 6.37. The monoisotopic (exact) mass is 380 g/mol. The summed E-state index contributed by atoms with van der Waals surface area (Å²) in [5.74, 6) is 0.751. The quantitative estimate of drug-likeness (QED) is 0.678. The zero-order chi connectivity index (χ0) is 16.1. The van der Waals surface area contributed by atoms with Crippen molar-refractivity contribution in [1.82, 2.24) is 9.80 Å². The number of likely N-dealkylation sites (N-methyl/N-ethyl adjacent to an activating group) is 1. The molecule has 0 aromatic heterocycles. The van der Waals surface area contributed by atoms with E-state index < -0.39 is 0 Å². The van der Waals surface area contributed by atoms with Crippen molar-refractivity contribution in [3.8, 4) is 5.75 Å². The molecule has 0 amide bonds. The molecule has 1 heterocycles. The van der Waals surface area contributed by atoms with Gasteiger partial charge in [-0.1, -0.05) is 23.2 Å². The second-order valence-electron chi connectivity index (χ2n) is 6.15. The summed E-state index contributed by atoms with van der Waals surface area (Å²) < 4.78 is 5.84. The molecule has 0 unspecified atom stereocenters. The first kappa shape index (κ1) is 20.9. The molecule has 0 aliphatic carbocycles. The summed E-state index contributed by atoms with van der Waals surface area (Å²) in [6.45, 7) is 10.5. The molecule has 1 fully saturated rings. The van der Waals surface area contributed by atoms with Crippen LogP contribution in [0.1, 0.15) is 24.0 Å². The first-order valence-corrected chi connectivity index (χ1v) is 8.73. The highest BCUT2D eigenvalue weighted by Gasteiger charge is 2.13. The van der Waals surface area contributed by atoms with E-state index in [0.29, 0.717) is 11.6 Å². The molecule has 0 radical (unpaired) electrons. The molecule has 1 aliphatic heterocycles. The Labute approximate surface area is 156 Å². The van der Waals surface area contributed by atoms with Gasteiger partial charge in [0.05, 0.1) is 11.6 Å². The summed E-state index contributed by atoms with van der Waals surface area (Å²) in [6, 6.07) is 1.93. The predicted octanol–water partition coefficient (Wildman–Crippen LogP) is 4.44. The summed E-state index contributed by atoms with van der Waals surface area (Å²) in [5, 5.41) is 1.36. The van der Waals surface area contributed by atoms with E-state index >= 15 is 0 Å². The number of nitrogens with zero attached hydrogens (tertiary/aromatic N) is 2. The van der Waals surface area contributed by atoms with E-state index in [4.69, 9.17) is 27.9 Å². The van der Waals surface area contributed by atoms with Crippen LogP contribution in [0.25, 0.3) is 0 Å². The number of hydrogen-bond acceptors (Lipinski definition) is 3. The minimum absolute atomic E-state index is 0. The lowest BCUT2D eigenvalue weighted by Gasteiger charge is -2.32. The smallest absolute Gasteiger partial charge is 0.138 e. The van der Waals surface area contributed by atoms with Crippen LogP contribution in [0, 0.1) is 13.8 Å². The van der Waals surface area contributed by atoms with Crippen LogP contribution in [0.5, 0.6) is 5.75 Å². The molecule has 1 saturated heterocycles. The fourth-order valence-corrected chi connectivity index (χ4v) is 3.10. The summed E-state index contributed by atoms with van der Waals surface area (Å²) >= 11 is 12.5. The van der Waals surface area contributed by atoms with Gasteiger partial charge in [0.1, 0.15) is 5.75 Å². The van der Waals surface area contributed by atoms with Gasteiger partial charge in [-0.05, 0) is 57.5 Å². The first-order valence-electron chi connectivity index (χ1n) is 7.98. The van der Waals surface area contributed by atoms with Gasteiger partial charge >= 0.3 is 0 Å². The van der Waals surface area contributed by atoms with Gasteiger partial charge in [-0.2, -0.15) is 0 Å². The maximum Gasteiger partial charge on any atom is 0.138 e. The van der Waals surface area contributed by atoms with Gasteiger partial charge in [0.2, 0.25) is 0 Å². The van der Waals surface area contributed by atoms with E-state index in [0.717, 1.165) is 41.3 Å². The van der Waals surface area contributed by atoms with Crippen LogP contribution in [0.4, 0.5) is 0 Å². The number of halogens is 3. The Morgan fingerprint density at radius 1 is 1.04 bits per heavy atom. The standard InChI is InChI=1S/C17H26Cl2N2O.ClH/c1-13-12-15(17(19)14(2)16(13)18)22-11-5-4-6-21-9-7-20(3)8-10-21;/h12H,4-11H2,1-3H3;1H. The molecule has 3 nitrogen and oxygen atoms in total. The van der Waals surface area contributed by atoms with Crippen LogP contribution in [0.3, 0.4) is 0 Å². The third-order valence-corrected chi connectivity index (χ3v) is 5.34. The van der Waals surface area contributed by atoms with Gasteiger partial charge < -0.3 is 14.5 Å². The normalized spacial score (nSPS) is 16.2. The molecule has 0 atom stereocenters. The second-order valence-corrected chi connectivity index (χ2v) is 6.90. The first-order chi connectivity index (χ1) is 10.5. The number of ether oxygens (including phenoxy) is 1. The second kappa shape index (κ2) is 9.95. The molecule has 0 saturated carbocycles. The molecule has 1 aromatic rings. The highest BCUT2D eigenvalue weighted by atomic mass is 35.5. The SMILES string of the molecule is Cc1cc(OCCCCN2CCN(C)CC2)c(Cl)c(C)c1Cl.Cl. The molecule has 132 valence electrons. The molecule has 0 N–H and O–H groups in total. The zero-order valence-corrected chi connectivity index (χ0v) is 16.5. The van der Waals surface area contributed by atoms with Crippen LogP contribution >= 0.6 is 35.6 Å². The molecule has 6 heteroatoms. The number of unbranched alkanes of at least 4 members (excludes halogenated alkanes) is 1. The third kappa shape index (κ3) is 5.99. The van der Waals surface area contributed by atoms with E-state index in [1.807, 2.05) is 19.9 Å². The molecule has 2 rings (SSSR count). The van der Waals surface area contributed by atoms with Crippen LogP contribution in [0.2, 0.25) is 10.0 Å². The lowest BCUT2D eigenvalue weighted by molar-refractivity contribution is 0.150. The maximum atomic E-state index is 6.30. The molecular weight excluding hydrogens is 355 g/mol. The lowest BCUT2D eigenvalue weighted by atomic mass is 10.1. The number of benzene rings is 1. The van der Waals surface area contributed by atoms with E-state index in [-0.39, 0.29) is 12.4 Å². The number of piperazine rings is 1. The summed E-state index contributed by atoms with van der Waals surface area (Å²) in [5.41, 5.74) is 1.91. The van der Waals surface area contributed by atoms with Crippen molar-refractivity contribution >= 4 is 35.6 Å². The number of hydrogen-bond donors (Lipinski definition) is 0. The van der Waals surface area contributed by atoms with Crippen LogP contribution in [-0.4, -0.2) is 56.2 Å². The minimum Gasteiger partial charge on any atom is -0.492 e. The Hall–Kier alpha value is -0.190. The maximum absolute atomic E-state index is 6.30. The predicted molar refractivity (Wildman–Crippen MR) is 102 cm³/mol. The molecule has 1 aliphatic rings. The fraction of sp³-hybridized carbons (Fsp3) is 0.647. The van der Waals surface area contributed by atoms with Crippen molar-refractivity contribution in [2.45, 2.75) is 26.7 Å². The van der Waals surface area contributed by atoms with Gasteiger partial charge in [-0.3, -0.25) is 0 Å². The van der Waals surface area contributed by atoms with E-state index in [1.54, 1.807) is 0 Å². The van der Waals surface area contributed by atoms with E-state index in [1.165, 1.54) is 26.2 Å². The Kier molecular flexibility index (Phi) is 9.02. The number of aryl methyl sites for hydroxylation is 1. The summed E-state index contributed by atoms with van der Waals surface area (Å²) in [7, 11) is 2.19. The van der Waals surface area contributed by atoms with Crippen molar-refractivity contribution in [3.05, 3.63) is 27.2 Å². The largest absolute Gasteiger partial charge is 0.492 e.